The van der Waals surface area contributed by atoms with Crippen molar-refractivity contribution in [2.45, 2.75) is 0 Å². The number of benzene rings is 11. The third kappa shape index (κ3) is 11.5. The molecular formula is C89H59IrN12-. The van der Waals surface area contributed by atoms with Gasteiger partial charge in [0.25, 0.3) is 0 Å². The van der Waals surface area contributed by atoms with Crippen LogP contribution in [-0.4, -0.2) is 57.7 Å². The Morgan fingerprint density at radius 3 is 0.882 bits per heavy atom. The molecule has 0 saturated carbocycles. The molecule has 0 N–H and O–H groups in total. The Hall–Kier alpha value is -13.3. The number of hydrogen-bond acceptors (Lipinski definition) is 7. The van der Waals surface area contributed by atoms with Crippen LogP contribution in [0.5, 0.6) is 0 Å². The van der Waals surface area contributed by atoms with Gasteiger partial charge in [-0.15, -0.1) is 35.9 Å². The average molecular weight is 1490 g/mol. The molecule has 9 heterocycles. The fourth-order valence-corrected chi connectivity index (χ4v) is 13.9. The van der Waals surface area contributed by atoms with Gasteiger partial charge in [0, 0.05) is 112 Å². The number of para-hydroxylation sites is 7. The van der Waals surface area contributed by atoms with Gasteiger partial charge in [-0.1, -0.05) is 164 Å². The second-order valence-corrected chi connectivity index (χ2v) is 24.5. The Bertz CT molecular complexity index is 5740. The number of imidazole rings is 3. The summed E-state index contributed by atoms with van der Waals surface area (Å²) in [5.41, 5.74) is 21.9. The summed E-state index contributed by atoms with van der Waals surface area (Å²) in [7, 11) is 0. The molecule has 0 aliphatic carbocycles. The van der Waals surface area contributed by atoms with Gasteiger partial charge >= 0.3 is 0 Å². The predicted molar refractivity (Wildman–Crippen MR) is 409 cm³/mol. The largest absolute Gasteiger partial charge is 0.309 e. The molecular weight excluding hydrogens is 1430 g/mol. The van der Waals surface area contributed by atoms with Crippen molar-refractivity contribution in [3.8, 4) is 85.0 Å². The molecule has 13 heteroatoms. The fourth-order valence-electron chi connectivity index (χ4n) is 13.9. The second kappa shape index (κ2) is 27.2. The normalized spacial score (nSPS) is 11.3. The van der Waals surface area contributed by atoms with Crippen molar-refractivity contribution in [1.82, 2.24) is 57.7 Å². The number of fused-ring (bicyclic) bond motifs is 9. The first-order valence-corrected chi connectivity index (χ1v) is 33.5. The van der Waals surface area contributed by atoms with E-state index in [-0.39, 0.29) is 20.1 Å². The third-order valence-electron chi connectivity index (χ3n) is 18.4. The first-order chi connectivity index (χ1) is 50.1. The van der Waals surface area contributed by atoms with E-state index in [4.69, 9.17) is 29.9 Å². The molecule has 1 radical (unpaired) electrons. The zero-order valence-electron chi connectivity index (χ0n) is 54.8. The molecule has 0 unspecified atom stereocenters. The van der Waals surface area contributed by atoms with Gasteiger partial charge in [-0.3, -0.25) is 13.7 Å². The summed E-state index contributed by atoms with van der Waals surface area (Å²) >= 11 is 0. The fraction of sp³-hybridized carbons (Fsp3) is 0. The average Bonchev–Trinajstić information content (AvgIpc) is 1.50. The van der Waals surface area contributed by atoms with E-state index in [0.717, 1.165) is 96.0 Å². The van der Waals surface area contributed by atoms with Crippen molar-refractivity contribution in [1.29, 1.82) is 0 Å². The number of pyridine rings is 4. The maximum Gasteiger partial charge on any atom is 0.164 e. The maximum absolute atomic E-state index is 5.20. The molecule has 9 aromatic heterocycles. The maximum atomic E-state index is 5.20. The zero-order valence-corrected chi connectivity index (χ0v) is 57.2. The molecule has 485 valence electrons. The van der Waals surface area contributed by atoms with Crippen LogP contribution in [0.25, 0.3) is 162 Å². The van der Waals surface area contributed by atoms with Gasteiger partial charge in [0.1, 0.15) is 34.0 Å². The van der Waals surface area contributed by atoms with Crippen LogP contribution in [0, 0.1) is 6.07 Å². The number of rotatable bonds is 10. The van der Waals surface area contributed by atoms with Crippen LogP contribution in [0.2, 0.25) is 0 Å². The molecule has 20 aromatic rings. The first kappa shape index (κ1) is 62.2. The topological polar surface area (TPSA) is 115 Å². The molecule has 11 aromatic carbocycles. The van der Waals surface area contributed by atoms with Crippen LogP contribution in [0.15, 0.2) is 358 Å². The standard InChI is InChI=1S/C42H27N9.C36H24N2.C11H8N.Ir/c1-4-13-31(14-5-1)49-37(46-34-19-10-22-43-40(34)49)28-25-29(38-47-35-20-11-23-44-41(35)50(38)32-15-6-2-7-16-32)27-30(26-28)39-48-36-21-12-24-45-42(36)51(39)33-17-8-3-9-18-33;1-5-13-33-29(9-1)30-10-2-6-14-34(30)37(33)27-21-17-25(18-22-27)26-19-23-28(24-20-26)38-35-15-7-3-11-31(35)32-12-4-8-16-36(32)38;1-2-6-10(7-3-1)11-8-4-5-9-12-11;/h1-27H;1-24H;1-6,8-9H;/q;;-1;. The summed E-state index contributed by atoms with van der Waals surface area (Å²) in [5.74, 6) is 2.25. The van der Waals surface area contributed by atoms with Crippen LogP contribution in [0.3, 0.4) is 0 Å². The van der Waals surface area contributed by atoms with E-state index in [1.165, 1.54) is 66.1 Å². The van der Waals surface area contributed by atoms with E-state index >= 15 is 0 Å². The van der Waals surface area contributed by atoms with Crippen LogP contribution >= 0.6 is 0 Å². The van der Waals surface area contributed by atoms with Gasteiger partial charge in [-0.25, -0.2) is 29.9 Å². The predicted octanol–water partition coefficient (Wildman–Crippen LogP) is 21.0. The minimum absolute atomic E-state index is 0. The smallest absolute Gasteiger partial charge is 0.164 e. The van der Waals surface area contributed by atoms with Crippen LogP contribution in [0.1, 0.15) is 0 Å². The summed E-state index contributed by atoms with van der Waals surface area (Å²) in [6.45, 7) is 0. The van der Waals surface area contributed by atoms with Crippen molar-refractivity contribution >= 4 is 77.1 Å². The van der Waals surface area contributed by atoms with E-state index in [9.17, 15) is 0 Å². The summed E-state index contributed by atoms with van der Waals surface area (Å²) in [4.78, 5) is 34.2. The monoisotopic (exact) mass is 1490 g/mol. The van der Waals surface area contributed by atoms with E-state index in [2.05, 4.69) is 234 Å². The molecule has 20 rings (SSSR count). The van der Waals surface area contributed by atoms with E-state index in [1.54, 1.807) is 24.8 Å². The molecule has 0 aliphatic rings. The molecule has 0 aliphatic heterocycles. The number of nitrogens with zero attached hydrogens (tertiary/aromatic N) is 12. The zero-order chi connectivity index (χ0) is 67.0. The molecule has 0 saturated heterocycles. The third-order valence-corrected chi connectivity index (χ3v) is 18.4. The Balaban J connectivity index is 0.000000133. The summed E-state index contributed by atoms with van der Waals surface area (Å²) in [6, 6.07) is 118. The van der Waals surface area contributed by atoms with E-state index in [1.807, 2.05) is 133 Å². The molecule has 0 amide bonds. The first-order valence-electron chi connectivity index (χ1n) is 33.5. The molecule has 0 fully saturated rings. The summed E-state index contributed by atoms with van der Waals surface area (Å²) in [6.07, 6.45) is 7.20. The van der Waals surface area contributed by atoms with Crippen molar-refractivity contribution in [2.75, 3.05) is 0 Å². The van der Waals surface area contributed by atoms with Crippen molar-refractivity contribution in [3.05, 3.63) is 365 Å². The van der Waals surface area contributed by atoms with Crippen molar-refractivity contribution in [3.63, 3.8) is 0 Å². The number of aromatic nitrogens is 12. The quantitative estimate of drug-likeness (QED) is 0.125. The summed E-state index contributed by atoms with van der Waals surface area (Å²) < 4.78 is 11.1. The van der Waals surface area contributed by atoms with Crippen LogP contribution in [-0.2, 0) is 20.1 Å². The Morgan fingerprint density at radius 2 is 0.549 bits per heavy atom. The summed E-state index contributed by atoms with van der Waals surface area (Å²) in [5, 5.41) is 5.14. The van der Waals surface area contributed by atoms with E-state index < -0.39 is 0 Å². The van der Waals surface area contributed by atoms with Gasteiger partial charge in [0.15, 0.2) is 16.9 Å². The minimum Gasteiger partial charge on any atom is -0.309 e. The molecule has 0 atom stereocenters. The van der Waals surface area contributed by atoms with Gasteiger partial charge in [-0.2, -0.15) is 0 Å². The SMILES string of the molecule is [Ir].[c-]1ccccc1-c1ccccn1.c1ccc(-n2c(-c3cc(-c4nc5cccnc5n4-c4ccccc4)cc(-c4nc5cccnc5n4-c4ccccc4)c3)nc3cccnc32)cc1.c1ccc2c(c1)c1ccccc1n2-c1ccc(-c2ccc(-n3c4ccccc4c4ccccc43)cc2)cc1. The molecule has 0 spiro atoms. The number of hydrogen-bond donors (Lipinski definition) is 0. The van der Waals surface area contributed by atoms with E-state index in [0.29, 0.717) is 0 Å². The molecule has 0 bridgehead atoms. The Morgan fingerprint density at radius 1 is 0.235 bits per heavy atom. The second-order valence-electron chi connectivity index (χ2n) is 24.5. The minimum atomic E-state index is 0. The van der Waals surface area contributed by atoms with Crippen molar-refractivity contribution in [2.24, 2.45) is 0 Å². The Kier molecular flexibility index (Phi) is 16.6. The van der Waals surface area contributed by atoms with Crippen LogP contribution < -0.4 is 0 Å². The molecule has 102 heavy (non-hydrogen) atoms. The Labute approximate surface area is 600 Å². The van der Waals surface area contributed by atoms with Gasteiger partial charge in [0.05, 0.1) is 22.1 Å². The van der Waals surface area contributed by atoms with Crippen molar-refractivity contribution < 1.29 is 20.1 Å². The van der Waals surface area contributed by atoms with Crippen LogP contribution in [0.4, 0.5) is 0 Å². The van der Waals surface area contributed by atoms with Gasteiger partial charge in [0.2, 0.25) is 0 Å². The molecule has 12 nitrogen and oxygen atoms in total. The van der Waals surface area contributed by atoms with Gasteiger partial charge in [-0.05, 0) is 162 Å². The van der Waals surface area contributed by atoms with Gasteiger partial charge < -0.3 is 14.1 Å².